The lowest BCUT2D eigenvalue weighted by Gasteiger charge is -2.14. The van der Waals surface area contributed by atoms with Crippen molar-refractivity contribution in [3.63, 3.8) is 0 Å². The molecule has 0 atom stereocenters. The van der Waals surface area contributed by atoms with Gasteiger partial charge in [-0.25, -0.2) is 9.79 Å². The number of halogens is 2. The molecule has 0 aliphatic carbocycles. The number of furan rings is 1. The topological polar surface area (TPSA) is 70.3 Å². The fourth-order valence-corrected chi connectivity index (χ4v) is 3.42. The molecule has 0 saturated carbocycles. The van der Waals surface area contributed by atoms with Crippen molar-refractivity contribution in [1.82, 2.24) is 0 Å². The maximum Gasteiger partial charge on any atom is 0.363 e. The third-order valence-electron chi connectivity index (χ3n) is 4.28. The predicted molar refractivity (Wildman–Crippen MR) is 120 cm³/mol. The first-order valence-electron chi connectivity index (χ1n) is 9.43. The molecule has 6 nitrogen and oxygen atoms in total. The summed E-state index contributed by atoms with van der Waals surface area (Å²) in [6.07, 6.45) is 3.06. The summed E-state index contributed by atoms with van der Waals surface area (Å²) in [7, 11) is 0. The third-order valence-corrected chi connectivity index (χ3v) is 5.09. The lowest BCUT2D eigenvalue weighted by atomic mass is 10.1. The van der Waals surface area contributed by atoms with Crippen molar-refractivity contribution in [2.75, 3.05) is 6.61 Å². The molecule has 0 saturated heterocycles. The summed E-state index contributed by atoms with van der Waals surface area (Å²) >= 11 is 9.90. The molecule has 0 amide bonds. The van der Waals surface area contributed by atoms with Crippen molar-refractivity contribution in [3.05, 3.63) is 86.9 Å². The molecule has 2 aromatic carbocycles. The Kier molecular flexibility index (Phi) is 6.44. The normalized spacial score (nSPS) is 14.5. The van der Waals surface area contributed by atoms with Crippen LogP contribution in [-0.2, 0) is 16.1 Å². The van der Waals surface area contributed by atoms with Gasteiger partial charge in [0.2, 0.25) is 0 Å². The van der Waals surface area contributed by atoms with Crippen LogP contribution >= 0.6 is 27.5 Å². The molecule has 0 N–H and O–H groups in total. The summed E-state index contributed by atoms with van der Waals surface area (Å²) in [6.45, 7) is 2.62. The molecule has 0 fully saturated rings. The van der Waals surface area contributed by atoms with Gasteiger partial charge in [-0.2, -0.15) is 0 Å². The van der Waals surface area contributed by atoms with Gasteiger partial charge in [-0.05, 0) is 60.5 Å². The Morgan fingerprint density at radius 3 is 2.68 bits per heavy atom. The van der Waals surface area contributed by atoms with E-state index in [4.69, 9.17) is 30.2 Å². The Balaban J connectivity index is 1.60. The van der Waals surface area contributed by atoms with Crippen LogP contribution in [0.3, 0.4) is 0 Å². The van der Waals surface area contributed by atoms with Crippen LogP contribution in [0.25, 0.3) is 6.08 Å². The fraction of sp³-hybridized carbons (Fsp3) is 0.130. The summed E-state index contributed by atoms with van der Waals surface area (Å²) in [5.41, 5.74) is 1.75. The van der Waals surface area contributed by atoms with E-state index in [1.165, 1.54) is 6.26 Å². The van der Waals surface area contributed by atoms with Crippen molar-refractivity contribution in [2.24, 2.45) is 4.99 Å². The van der Waals surface area contributed by atoms with Crippen LogP contribution in [0.4, 0.5) is 0 Å². The van der Waals surface area contributed by atoms with Crippen molar-refractivity contribution >= 4 is 45.5 Å². The highest BCUT2D eigenvalue weighted by Crippen LogP contribution is 2.38. The van der Waals surface area contributed by atoms with Gasteiger partial charge in [0.05, 0.1) is 17.9 Å². The Labute approximate surface area is 192 Å². The molecule has 4 rings (SSSR count). The first-order valence-corrected chi connectivity index (χ1v) is 10.6. The lowest BCUT2D eigenvalue weighted by molar-refractivity contribution is -0.130. The van der Waals surface area contributed by atoms with Gasteiger partial charge in [-0.3, -0.25) is 0 Å². The van der Waals surface area contributed by atoms with E-state index < -0.39 is 5.97 Å². The van der Waals surface area contributed by atoms with E-state index in [0.717, 1.165) is 10.0 Å². The second kappa shape index (κ2) is 9.41. The van der Waals surface area contributed by atoms with Crippen LogP contribution in [-0.4, -0.2) is 18.5 Å². The Bertz CT molecular complexity index is 1150. The molecule has 158 valence electrons. The van der Waals surface area contributed by atoms with Gasteiger partial charge >= 0.3 is 5.97 Å². The SMILES string of the molecule is CCOc1cc(/C=C2\N=C(c3ccco3)OC2=O)cc(Cl)c1OCc1ccc(Br)cc1. The number of ether oxygens (including phenoxy) is 3. The average Bonchev–Trinajstić information content (AvgIpc) is 3.39. The summed E-state index contributed by atoms with van der Waals surface area (Å²) in [4.78, 5) is 16.4. The van der Waals surface area contributed by atoms with Crippen molar-refractivity contribution in [3.8, 4) is 11.5 Å². The van der Waals surface area contributed by atoms with Crippen LogP contribution in [0.5, 0.6) is 11.5 Å². The van der Waals surface area contributed by atoms with E-state index in [1.807, 2.05) is 31.2 Å². The zero-order chi connectivity index (χ0) is 21.8. The summed E-state index contributed by atoms with van der Waals surface area (Å²) in [6, 6.07) is 14.6. The van der Waals surface area contributed by atoms with E-state index >= 15 is 0 Å². The first kappa shape index (κ1) is 21.2. The Morgan fingerprint density at radius 2 is 1.97 bits per heavy atom. The highest BCUT2D eigenvalue weighted by Gasteiger charge is 2.26. The molecule has 31 heavy (non-hydrogen) atoms. The van der Waals surface area contributed by atoms with Gasteiger partial charge < -0.3 is 18.6 Å². The molecule has 3 aromatic rings. The van der Waals surface area contributed by atoms with Crippen LogP contribution in [0.2, 0.25) is 5.02 Å². The monoisotopic (exact) mass is 501 g/mol. The number of nitrogens with zero attached hydrogens (tertiary/aromatic N) is 1. The lowest BCUT2D eigenvalue weighted by Crippen LogP contribution is -2.04. The van der Waals surface area contributed by atoms with Crippen LogP contribution in [0.15, 0.2) is 74.4 Å². The van der Waals surface area contributed by atoms with E-state index in [2.05, 4.69) is 20.9 Å². The number of cyclic esters (lactones) is 1. The second-order valence-electron chi connectivity index (χ2n) is 6.49. The number of rotatable bonds is 7. The summed E-state index contributed by atoms with van der Waals surface area (Å²) in [5.74, 6) is 0.826. The van der Waals surface area contributed by atoms with Gasteiger partial charge in [-0.15, -0.1) is 0 Å². The Morgan fingerprint density at radius 1 is 1.16 bits per heavy atom. The van der Waals surface area contributed by atoms with Crippen molar-refractivity contribution < 1.29 is 23.4 Å². The quantitative estimate of drug-likeness (QED) is 0.292. The predicted octanol–water partition coefficient (Wildman–Crippen LogP) is 6.02. The molecule has 0 radical (unpaired) electrons. The molecular weight excluding hydrogens is 486 g/mol. The highest BCUT2D eigenvalue weighted by molar-refractivity contribution is 9.10. The fourth-order valence-electron chi connectivity index (χ4n) is 2.88. The molecule has 2 heterocycles. The molecule has 0 spiro atoms. The van der Waals surface area contributed by atoms with Gasteiger partial charge in [0.1, 0.15) is 6.61 Å². The van der Waals surface area contributed by atoms with Crippen LogP contribution in [0, 0.1) is 0 Å². The molecule has 1 aromatic heterocycles. The molecule has 0 bridgehead atoms. The van der Waals surface area contributed by atoms with Gasteiger partial charge in [-0.1, -0.05) is 39.7 Å². The number of hydrogen-bond donors (Lipinski definition) is 0. The van der Waals surface area contributed by atoms with E-state index in [-0.39, 0.29) is 11.6 Å². The number of hydrogen-bond acceptors (Lipinski definition) is 6. The van der Waals surface area contributed by atoms with Gasteiger partial charge in [0, 0.05) is 4.47 Å². The summed E-state index contributed by atoms with van der Waals surface area (Å²) < 4.78 is 23.0. The van der Waals surface area contributed by atoms with Gasteiger partial charge in [0.25, 0.3) is 5.90 Å². The minimum absolute atomic E-state index is 0.117. The largest absolute Gasteiger partial charge is 0.490 e. The van der Waals surface area contributed by atoms with Crippen LogP contribution in [0.1, 0.15) is 23.8 Å². The minimum atomic E-state index is -0.573. The molecule has 0 unspecified atom stereocenters. The van der Waals surface area contributed by atoms with Crippen molar-refractivity contribution in [2.45, 2.75) is 13.5 Å². The zero-order valence-electron chi connectivity index (χ0n) is 16.4. The third kappa shape index (κ3) is 5.00. The zero-order valence-corrected chi connectivity index (χ0v) is 18.8. The number of esters is 1. The molecule has 1 aliphatic rings. The maximum atomic E-state index is 12.2. The minimum Gasteiger partial charge on any atom is -0.490 e. The number of carbonyl (C=O) groups excluding carboxylic acids is 1. The number of carbonyl (C=O) groups is 1. The first-order chi connectivity index (χ1) is 15.0. The maximum absolute atomic E-state index is 12.2. The molecule has 1 aliphatic heterocycles. The standard InChI is InChI=1S/C23H17BrClNO5/c1-2-28-20-12-15(11-18-23(27)31-22(26-18)19-4-3-9-29-19)10-17(25)21(20)30-13-14-5-7-16(24)8-6-14/h3-12H,2,13H2,1H3/b18-11-. The number of benzene rings is 2. The highest BCUT2D eigenvalue weighted by atomic mass is 79.9. The molecular formula is C23H17BrClNO5. The smallest absolute Gasteiger partial charge is 0.363 e. The number of aliphatic imine (C=N–C) groups is 1. The van der Waals surface area contributed by atoms with Gasteiger partial charge in [0.15, 0.2) is 23.0 Å². The second-order valence-corrected chi connectivity index (χ2v) is 7.81. The van der Waals surface area contributed by atoms with Crippen LogP contribution < -0.4 is 9.47 Å². The van der Waals surface area contributed by atoms with Crippen molar-refractivity contribution in [1.29, 1.82) is 0 Å². The van der Waals surface area contributed by atoms with E-state index in [0.29, 0.717) is 41.1 Å². The Hall–Kier alpha value is -3.03. The van der Waals surface area contributed by atoms with E-state index in [1.54, 1.807) is 30.3 Å². The molecule has 8 heteroatoms. The average molecular weight is 503 g/mol. The van der Waals surface area contributed by atoms with E-state index in [9.17, 15) is 4.79 Å². The summed E-state index contributed by atoms with van der Waals surface area (Å²) in [5, 5.41) is 0.358.